The lowest BCUT2D eigenvalue weighted by Crippen LogP contribution is -2.41. The highest BCUT2D eigenvalue weighted by atomic mass is 16.5. The molecule has 0 saturated carbocycles. The number of hydrogen-bond acceptors (Lipinski definition) is 6. The molecule has 136 valence electrons. The molecular formula is C19H18N5O3+. The molecule has 0 saturated heterocycles. The van der Waals surface area contributed by atoms with Crippen LogP contribution in [0.3, 0.4) is 0 Å². The van der Waals surface area contributed by atoms with E-state index in [9.17, 15) is 5.26 Å². The van der Waals surface area contributed by atoms with Gasteiger partial charge in [-0.25, -0.2) is 4.57 Å². The summed E-state index contributed by atoms with van der Waals surface area (Å²) in [6, 6.07) is 9.40. The number of nitrogen functional groups attached to an aromatic ring is 1. The Morgan fingerprint density at radius 1 is 1.30 bits per heavy atom. The van der Waals surface area contributed by atoms with Crippen LogP contribution >= 0.6 is 0 Å². The second kappa shape index (κ2) is 6.88. The molecule has 0 fully saturated rings. The van der Waals surface area contributed by atoms with Gasteiger partial charge in [-0.05, 0) is 30.7 Å². The summed E-state index contributed by atoms with van der Waals surface area (Å²) < 4.78 is 18.4. The summed E-state index contributed by atoms with van der Waals surface area (Å²) in [7, 11) is 0. The van der Waals surface area contributed by atoms with E-state index in [1.54, 1.807) is 35.3 Å². The van der Waals surface area contributed by atoms with Crippen LogP contribution in [0.4, 0.5) is 5.82 Å². The number of nitrogens with zero attached hydrogens (tertiary/aromatic N) is 3. The number of rotatable bonds is 6. The predicted molar refractivity (Wildman–Crippen MR) is 96.7 cm³/mol. The first-order valence-corrected chi connectivity index (χ1v) is 8.57. The molecule has 0 aliphatic rings. The fraction of sp³-hybridized carbons (Fsp3) is 0.211. The zero-order valence-electron chi connectivity index (χ0n) is 14.7. The monoisotopic (exact) mass is 364 g/mol. The molecule has 0 atom stereocenters. The largest absolute Gasteiger partial charge is 0.478 e. The Kier molecular flexibility index (Phi) is 4.26. The summed E-state index contributed by atoms with van der Waals surface area (Å²) in [5.74, 6) is 2.53. The third kappa shape index (κ3) is 2.89. The van der Waals surface area contributed by atoms with Crippen LogP contribution in [-0.4, -0.2) is 16.6 Å². The van der Waals surface area contributed by atoms with Crippen LogP contribution in [0.1, 0.15) is 24.7 Å². The molecule has 0 spiro atoms. The third-order valence-electron chi connectivity index (χ3n) is 4.16. The average molecular weight is 364 g/mol. The maximum atomic E-state index is 9.65. The number of aromatic nitrogens is 3. The van der Waals surface area contributed by atoms with Crippen molar-refractivity contribution in [1.29, 1.82) is 5.26 Å². The van der Waals surface area contributed by atoms with Crippen LogP contribution in [0.25, 0.3) is 22.6 Å². The summed E-state index contributed by atoms with van der Waals surface area (Å²) in [6.07, 6.45) is 3.98. The molecule has 3 N–H and O–H groups in total. The molecule has 0 amide bonds. The SMILES string of the molecule is CCCOc1[nH]c2nc(-c3ccco3)[n+](Cc3ccco3)c(N)c2c1C#N. The lowest BCUT2D eigenvalue weighted by Gasteiger charge is -2.07. The normalized spacial score (nSPS) is 11.0. The topological polar surface area (TPSA) is 118 Å². The van der Waals surface area contributed by atoms with Crippen molar-refractivity contribution >= 4 is 16.9 Å². The molecule has 4 heterocycles. The van der Waals surface area contributed by atoms with E-state index in [0.29, 0.717) is 58.8 Å². The Hall–Kier alpha value is -3.73. The number of H-pyrrole nitrogens is 1. The molecule has 8 nitrogen and oxygen atoms in total. The van der Waals surface area contributed by atoms with Gasteiger partial charge in [-0.15, -0.1) is 0 Å². The van der Waals surface area contributed by atoms with Gasteiger partial charge < -0.3 is 19.3 Å². The van der Waals surface area contributed by atoms with Crippen molar-refractivity contribution in [3.63, 3.8) is 0 Å². The molecule has 0 aliphatic heterocycles. The summed E-state index contributed by atoms with van der Waals surface area (Å²) in [5.41, 5.74) is 7.28. The summed E-state index contributed by atoms with van der Waals surface area (Å²) in [4.78, 5) is 7.72. The van der Waals surface area contributed by atoms with Gasteiger partial charge in [0.1, 0.15) is 29.3 Å². The lowest BCUT2D eigenvalue weighted by molar-refractivity contribution is -0.666. The highest BCUT2D eigenvalue weighted by Gasteiger charge is 2.28. The van der Waals surface area contributed by atoms with Crippen LogP contribution in [0, 0.1) is 11.3 Å². The van der Waals surface area contributed by atoms with Gasteiger partial charge in [0.05, 0.1) is 19.1 Å². The van der Waals surface area contributed by atoms with E-state index in [-0.39, 0.29) is 0 Å². The number of fused-ring (bicyclic) bond motifs is 1. The van der Waals surface area contributed by atoms with Gasteiger partial charge in [-0.2, -0.15) is 5.26 Å². The molecule has 8 heteroatoms. The fourth-order valence-corrected chi connectivity index (χ4v) is 2.94. The van der Waals surface area contributed by atoms with Crippen LogP contribution in [0.15, 0.2) is 45.6 Å². The van der Waals surface area contributed by atoms with E-state index in [1.807, 2.05) is 13.0 Å². The molecule has 4 aromatic heterocycles. The standard InChI is InChI=1S/C19H17N5O3/c1-2-7-27-19-13(10-20)15-16(21)24(11-12-5-3-8-25-12)18(22-17(15)23-19)14-6-4-9-26-14/h3-6,8-9H,2,7,11H2,1H3,(H2,21,23)/p+1. The van der Waals surface area contributed by atoms with Crippen LogP contribution in [0.5, 0.6) is 5.88 Å². The van der Waals surface area contributed by atoms with Crippen molar-refractivity contribution < 1.29 is 18.1 Å². The number of hydrogen-bond donors (Lipinski definition) is 2. The zero-order valence-corrected chi connectivity index (χ0v) is 14.7. The maximum Gasteiger partial charge on any atom is 0.308 e. The Morgan fingerprint density at radius 2 is 2.11 bits per heavy atom. The molecule has 0 radical (unpaired) electrons. The van der Waals surface area contributed by atoms with Crippen LogP contribution in [-0.2, 0) is 6.54 Å². The van der Waals surface area contributed by atoms with Gasteiger partial charge in [0.2, 0.25) is 23.1 Å². The predicted octanol–water partition coefficient (Wildman–Crippen LogP) is 2.99. The number of nitrogens with two attached hydrogens (primary N) is 1. The molecule has 4 aromatic rings. The number of nitrogens with one attached hydrogen (secondary N) is 1. The first-order chi connectivity index (χ1) is 13.2. The molecule has 0 aliphatic carbocycles. The van der Waals surface area contributed by atoms with E-state index < -0.39 is 0 Å². The van der Waals surface area contributed by atoms with Gasteiger partial charge in [-0.3, -0.25) is 4.98 Å². The number of ether oxygens (including phenoxy) is 1. The molecule has 4 rings (SSSR count). The molecule has 0 aromatic carbocycles. The molecule has 0 bridgehead atoms. The van der Waals surface area contributed by atoms with Crippen LogP contribution < -0.4 is 15.0 Å². The minimum atomic E-state index is 0.336. The summed E-state index contributed by atoms with van der Waals surface area (Å²) in [6.45, 7) is 2.82. The van der Waals surface area contributed by atoms with Crippen LogP contribution in [0.2, 0.25) is 0 Å². The first kappa shape index (κ1) is 16.7. The van der Waals surface area contributed by atoms with Crippen molar-refractivity contribution in [3.8, 4) is 23.5 Å². The van der Waals surface area contributed by atoms with Crippen molar-refractivity contribution in [2.45, 2.75) is 19.9 Å². The fourth-order valence-electron chi connectivity index (χ4n) is 2.94. The molecule has 27 heavy (non-hydrogen) atoms. The average Bonchev–Trinajstić information content (AvgIpc) is 3.42. The van der Waals surface area contributed by atoms with E-state index in [2.05, 4.69) is 16.0 Å². The highest BCUT2D eigenvalue weighted by molar-refractivity contribution is 5.93. The number of furan rings is 2. The third-order valence-corrected chi connectivity index (χ3v) is 4.16. The highest BCUT2D eigenvalue weighted by Crippen LogP contribution is 2.31. The minimum absolute atomic E-state index is 0.336. The van der Waals surface area contributed by atoms with Gasteiger partial charge >= 0.3 is 5.82 Å². The summed E-state index contributed by atoms with van der Waals surface area (Å²) in [5, 5.41) is 10.2. The van der Waals surface area contributed by atoms with Gasteiger partial charge in [0, 0.05) is 0 Å². The lowest BCUT2D eigenvalue weighted by atomic mass is 10.2. The van der Waals surface area contributed by atoms with Gasteiger partial charge in [-0.1, -0.05) is 11.9 Å². The maximum absolute atomic E-state index is 9.65. The van der Waals surface area contributed by atoms with E-state index in [0.717, 1.165) is 6.42 Å². The molecular weight excluding hydrogens is 346 g/mol. The molecule has 0 unspecified atom stereocenters. The summed E-state index contributed by atoms with van der Waals surface area (Å²) >= 11 is 0. The minimum Gasteiger partial charge on any atom is -0.478 e. The van der Waals surface area contributed by atoms with Gasteiger partial charge in [0.15, 0.2) is 0 Å². The van der Waals surface area contributed by atoms with E-state index in [1.165, 1.54) is 0 Å². The second-order valence-electron chi connectivity index (χ2n) is 5.98. The Labute approximate surface area is 154 Å². The second-order valence-corrected chi connectivity index (χ2v) is 5.98. The van der Waals surface area contributed by atoms with E-state index in [4.69, 9.17) is 19.3 Å². The first-order valence-electron chi connectivity index (χ1n) is 8.57. The van der Waals surface area contributed by atoms with Gasteiger partial charge in [0.25, 0.3) is 0 Å². The zero-order chi connectivity index (χ0) is 18.8. The van der Waals surface area contributed by atoms with Crippen molar-refractivity contribution in [2.24, 2.45) is 0 Å². The Bertz CT molecular complexity index is 1110. The van der Waals surface area contributed by atoms with E-state index >= 15 is 0 Å². The smallest absolute Gasteiger partial charge is 0.308 e. The van der Waals surface area contributed by atoms with Crippen molar-refractivity contribution in [2.75, 3.05) is 12.3 Å². The Morgan fingerprint density at radius 3 is 2.78 bits per heavy atom. The van der Waals surface area contributed by atoms with Crippen molar-refractivity contribution in [1.82, 2.24) is 9.97 Å². The number of anilines is 1. The Balaban J connectivity index is 1.96. The van der Waals surface area contributed by atoms with Crippen molar-refractivity contribution in [3.05, 3.63) is 48.1 Å². The number of aromatic amines is 1. The number of nitriles is 1. The quantitative estimate of drug-likeness (QED) is 0.508.